The Bertz CT molecular complexity index is 574. The third-order valence-electron chi connectivity index (χ3n) is 4.38. The van der Waals surface area contributed by atoms with Crippen molar-refractivity contribution in [1.29, 1.82) is 0 Å². The molecule has 0 radical (unpaired) electrons. The number of aromatic nitrogens is 1. The van der Waals surface area contributed by atoms with Gasteiger partial charge in [0.25, 0.3) is 0 Å². The Balaban J connectivity index is 2.11. The minimum atomic E-state index is -3.52. The summed E-state index contributed by atoms with van der Waals surface area (Å²) in [6.07, 6.45) is 4.69. The molecule has 2 N–H and O–H groups in total. The van der Waals surface area contributed by atoms with Crippen molar-refractivity contribution in [1.82, 2.24) is 14.2 Å². The van der Waals surface area contributed by atoms with Crippen molar-refractivity contribution in [2.24, 2.45) is 7.05 Å². The molecule has 1 saturated carbocycles. The molecular weight excluding hydrogens is 278 g/mol. The van der Waals surface area contributed by atoms with Crippen LogP contribution in [-0.4, -0.2) is 49.2 Å². The number of likely N-dealkylation sites (N-methyl/N-ethyl adjacent to an activating group) is 1. The van der Waals surface area contributed by atoms with E-state index in [0.29, 0.717) is 12.2 Å². The first kappa shape index (κ1) is 15.5. The topological polar surface area (TPSA) is 74.6 Å². The molecule has 114 valence electrons. The number of hydrogen-bond donors (Lipinski definition) is 2. The lowest BCUT2D eigenvalue weighted by Crippen LogP contribution is -2.57. The number of hydrogen-bond acceptors (Lipinski definition) is 4. The number of aliphatic hydroxyl groups is 1. The second-order valence-corrected chi connectivity index (χ2v) is 7.50. The van der Waals surface area contributed by atoms with Gasteiger partial charge in [0.1, 0.15) is 0 Å². The molecule has 0 atom stereocenters. The minimum Gasteiger partial charge on any atom is -0.390 e. The van der Waals surface area contributed by atoms with Gasteiger partial charge in [0, 0.05) is 31.0 Å². The molecule has 0 aliphatic heterocycles. The van der Waals surface area contributed by atoms with Crippen LogP contribution in [0.2, 0.25) is 0 Å². The molecule has 0 unspecified atom stereocenters. The van der Waals surface area contributed by atoms with Crippen molar-refractivity contribution in [3.05, 3.63) is 18.0 Å². The summed E-state index contributed by atoms with van der Waals surface area (Å²) < 4.78 is 28.9. The first-order valence-electron chi connectivity index (χ1n) is 6.74. The summed E-state index contributed by atoms with van der Waals surface area (Å²) in [5.74, 6) is 0. The highest BCUT2D eigenvalue weighted by Gasteiger charge is 2.39. The van der Waals surface area contributed by atoms with E-state index in [0.717, 1.165) is 19.3 Å². The molecular formula is C13H23N3O3S. The summed E-state index contributed by atoms with van der Waals surface area (Å²) in [5, 5.41) is 9.13. The van der Waals surface area contributed by atoms with Crippen LogP contribution in [0.3, 0.4) is 0 Å². The van der Waals surface area contributed by atoms with Gasteiger partial charge in [-0.1, -0.05) is 0 Å². The van der Waals surface area contributed by atoms with E-state index in [1.165, 1.54) is 12.3 Å². The molecule has 1 aromatic rings. The molecule has 0 amide bonds. The third kappa shape index (κ3) is 2.76. The molecule has 1 aliphatic carbocycles. The van der Waals surface area contributed by atoms with Crippen LogP contribution >= 0.6 is 0 Å². The molecule has 20 heavy (non-hydrogen) atoms. The van der Waals surface area contributed by atoms with Crippen molar-refractivity contribution in [3.63, 3.8) is 0 Å². The van der Waals surface area contributed by atoms with E-state index in [2.05, 4.69) is 9.62 Å². The second kappa shape index (κ2) is 5.48. The van der Waals surface area contributed by atoms with Gasteiger partial charge in [-0.25, -0.2) is 13.1 Å². The third-order valence-corrected chi connectivity index (χ3v) is 5.75. The van der Waals surface area contributed by atoms with Gasteiger partial charge >= 0.3 is 0 Å². The summed E-state index contributed by atoms with van der Waals surface area (Å²) in [6.45, 7) is 0.249. The molecule has 7 heteroatoms. The van der Waals surface area contributed by atoms with Gasteiger partial charge in [0.05, 0.1) is 11.5 Å². The second-order valence-electron chi connectivity index (χ2n) is 5.73. The smallest absolute Gasteiger partial charge is 0.242 e. The van der Waals surface area contributed by atoms with E-state index in [1.54, 1.807) is 11.6 Å². The zero-order chi connectivity index (χ0) is 15.0. The van der Waals surface area contributed by atoms with Gasteiger partial charge in [-0.05, 0) is 39.4 Å². The van der Waals surface area contributed by atoms with Crippen molar-refractivity contribution in [2.75, 3.05) is 20.6 Å². The Kier molecular flexibility index (Phi) is 4.24. The number of aliphatic hydroxyl groups excluding tert-OH is 1. The van der Waals surface area contributed by atoms with Gasteiger partial charge in [-0.15, -0.1) is 0 Å². The maximum Gasteiger partial charge on any atom is 0.242 e. The number of aryl methyl sites for hydroxylation is 1. The van der Waals surface area contributed by atoms with Crippen LogP contribution in [0.15, 0.2) is 17.2 Å². The zero-order valence-corrected chi connectivity index (χ0v) is 13.1. The maximum atomic E-state index is 12.3. The molecule has 1 aromatic heterocycles. The SMILES string of the molecule is CN(C)C1(CNS(=O)(=O)c2cc(CO)n(C)c2)CCC1. The highest BCUT2D eigenvalue weighted by molar-refractivity contribution is 7.89. The van der Waals surface area contributed by atoms with Gasteiger partial charge in [-0.2, -0.15) is 0 Å². The fourth-order valence-corrected chi connectivity index (χ4v) is 3.77. The molecule has 0 bridgehead atoms. The Morgan fingerprint density at radius 1 is 1.45 bits per heavy atom. The van der Waals surface area contributed by atoms with E-state index in [-0.39, 0.29) is 17.0 Å². The first-order valence-corrected chi connectivity index (χ1v) is 8.22. The van der Waals surface area contributed by atoms with Crippen molar-refractivity contribution >= 4 is 10.0 Å². The van der Waals surface area contributed by atoms with E-state index >= 15 is 0 Å². The summed E-state index contributed by atoms with van der Waals surface area (Å²) in [7, 11) is 2.17. The average Bonchev–Trinajstić information content (AvgIpc) is 2.69. The minimum absolute atomic E-state index is 0.0539. The summed E-state index contributed by atoms with van der Waals surface area (Å²) >= 11 is 0. The molecule has 1 fully saturated rings. The fraction of sp³-hybridized carbons (Fsp3) is 0.692. The van der Waals surface area contributed by atoms with Gasteiger partial charge in [0.2, 0.25) is 10.0 Å². The number of sulfonamides is 1. The quantitative estimate of drug-likeness (QED) is 0.791. The molecule has 6 nitrogen and oxygen atoms in total. The molecule has 2 rings (SSSR count). The van der Waals surface area contributed by atoms with Crippen LogP contribution in [0.5, 0.6) is 0 Å². The predicted molar refractivity (Wildman–Crippen MR) is 76.8 cm³/mol. The van der Waals surface area contributed by atoms with Crippen LogP contribution in [0.25, 0.3) is 0 Å². The monoisotopic (exact) mass is 301 g/mol. The van der Waals surface area contributed by atoms with Gasteiger partial charge in [-0.3, -0.25) is 0 Å². The van der Waals surface area contributed by atoms with E-state index in [9.17, 15) is 8.42 Å². The highest BCUT2D eigenvalue weighted by atomic mass is 32.2. The average molecular weight is 301 g/mol. The van der Waals surface area contributed by atoms with E-state index in [1.807, 2.05) is 14.1 Å². The molecule has 1 heterocycles. The largest absolute Gasteiger partial charge is 0.390 e. The number of nitrogens with one attached hydrogen (secondary N) is 1. The summed E-state index contributed by atoms with van der Waals surface area (Å²) in [5.41, 5.74) is 0.526. The Labute approximate surface area is 120 Å². The number of rotatable bonds is 6. The predicted octanol–water partition coefficient (Wildman–Crippen LogP) is 0.280. The standard InChI is InChI=1S/C13H23N3O3S/c1-15(2)13(5-4-6-13)10-14-20(18,19)12-7-11(9-17)16(3)8-12/h7-8,14,17H,4-6,9-10H2,1-3H3. The van der Waals surface area contributed by atoms with E-state index < -0.39 is 10.0 Å². The van der Waals surface area contributed by atoms with Crippen LogP contribution in [0.4, 0.5) is 0 Å². The fourth-order valence-electron chi connectivity index (χ4n) is 2.56. The van der Waals surface area contributed by atoms with Crippen LogP contribution in [0.1, 0.15) is 25.0 Å². The van der Waals surface area contributed by atoms with Crippen LogP contribution in [0, 0.1) is 0 Å². The Hall–Kier alpha value is -0.890. The lowest BCUT2D eigenvalue weighted by atomic mass is 9.76. The van der Waals surface area contributed by atoms with Crippen molar-refractivity contribution in [3.8, 4) is 0 Å². The van der Waals surface area contributed by atoms with Crippen LogP contribution < -0.4 is 4.72 Å². The lowest BCUT2D eigenvalue weighted by molar-refractivity contribution is 0.0657. The Morgan fingerprint density at radius 2 is 2.10 bits per heavy atom. The molecule has 0 saturated heterocycles. The van der Waals surface area contributed by atoms with Gasteiger partial charge in [0.15, 0.2) is 0 Å². The van der Waals surface area contributed by atoms with Crippen molar-refractivity contribution < 1.29 is 13.5 Å². The number of nitrogens with zero attached hydrogens (tertiary/aromatic N) is 2. The highest BCUT2D eigenvalue weighted by Crippen LogP contribution is 2.35. The summed E-state index contributed by atoms with van der Waals surface area (Å²) in [4.78, 5) is 2.31. The zero-order valence-electron chi connectivity index (χ0n) is 12.3. The van der Waals surface area contributed by atoms with E-state index in [4.69, 9.17) is 5.11 Å². The normalized spacial score (nSPS) is 18.2. The summed E-state index contributed by atoms with van der Waals surface area (Å²) in [6, 6.07) is 1.51. The molecule has 1 aliphatic rings. The molecule has 0 spiro atoms. The molecule has 0 aromatic carbocycles. The Morgan fingerprint density at radius 3 is 2.50 bits per heavy atom. The first-order chi connectivity index (χ1) is 9.31. The maximum absolute atomic E-state index is 12.3. The van der Waals surface area contributed by atoms with Crippen molar-refractivity contribution in [2.45, 2.75) is 36.3 Å². The van der Waals surface area contributed by atoms with Gasteiger partial charge < -0.3 is 14.6 Å². The van der Waals surface area contributed by atoms with Crippen LogP contribution in [-0.2, 0) is 23.7 Å². The lowest BCUT2D eigenvalue weighted by Gasteiger charge is -2.47.